The van der Waals surface area contributed by atoms with Crippen LogP contribution in [-0.2, 0) is 19.6 Å². The Morgan fingerprint density at radius 2 is 1.76 bits per heavy atom. The zero-order valence-corrected chi connectivity index (χ0v) is 19.9. The maximum atomic E-state index is 13.1. The van der Waals surface area contributed by atoms with Crippen LogP contribution in [-0.4, -0.2) is 57.6 Å². The molecule has 2 aromatic carbocycles. The number of amides is 2. The van der Waals surface area contributed by atoms with Crippen LogP contribution in [0.5, 0.6) is 11.5 Å². The maximum Gasteiger partial charge on any atom is 0.243 e. The van der Waals surface area contributed by atoms with Crippen molar-refractivity contribution in [1.82, 2.24) is 4.31 Å². The van der Waals surface area contributed by atoms with Crippen LogP contribution < -0.4 is 20.1 Å². The van der Waals surface area contributed by atoms with E-state index < -0.39 is 10.0 Å². The number of carbonyl (C=O) groups excluding carboxylic acids is 2. The summed E-state index contributed by atoms with van der Waals surface area (Å²) in [6.07, 6.45) is 0.813. The third kappa shape index (κ3) is 5.10. The van der Waals surface area contributed by atoms with Crippen LogP contribution >= 0.6 is 11.8 Å². The summed E-state index contributed by atoms with van der Waals surface area (Å²) in [6.45, 7) is 0.472. The van der Waals surface area contributed by atoms with Crippen molar-refractivity contribution in [1.29, 1.82) is 0 Å². The van der Waals surface area contributed by atoms with Gasteiger partial charge in [0.05, 0.1) is 30.6 Å². The van der Waals surface area contributed by atoms with Gasteiger partial charge < -0.3 is 20.1 Å². The first kappa shape index (κ1) is 23.4. The molecular weight excluding hydrogens is 466 g/mol. The summed E-state index contributed by atoms with van der Waals surface area (Å²) < 4.78 is 38.1. The van der Waals surface area contributed by atoms with E-state index in [-0.39, 0.29) is 35.7 Å². The molecule has 9 nitrogen and oxygen atoms in total. The van der Waals surface area contributed by atoms with Crippen molar-refractivity contribution in [3.63, 3.8) is 0 Å². The van der Waals surface area contributed by atoms with E-state index in [1.54, 1.807) is 30.3 Å². The predicted octanol–water partition coefficient (Wildman–Crippen LogP) is 2.79. The Hall–Kier alpha value is -2.76. The first-order chi connectivity index (χ1) is 15.8. The van der Waals surface area contributed by atoms with Crippen molar-refractivity contribution in [2.24, 2.45) is 5.92 Å². The molecule has 0 spiro atoms. The third-order valence-electron chi connectivity index (χ3n) is 5.67. The fraction of sp³-hybridized carbons (Fsp3) is 0.364. The van der Waals surface area contributed by atoms with Crippen LogP contribution in [0.25, 0.3) is 0 Å². The zero-order chi connectivity index (χ0) is 23.6. The monoisotopic (exact) mass is 491 g/mol. The van der Waals surface area contributed by atoms with Gasteiger partial charge in [-0.25, -0.2) is 8.42 Å². The van der Waals surface area contributed by atoms with Gasteiger partial charge in [0.2, 0.25) is 21.8 Å². The van der Waals surface area contributed by atoms with Gasteiger partial charge in [-0.3, -0.25) is 9.59 Å². The second-order valence-electron chi connectivity index (χ2n) is 7.76. The summed E-state index contributed by atoms with van der Waals surface area (Å²) in [5.74, 6) is 0.804. The van der Waals surface area contributed by atoms with Gasteiger partial charge in [-0.2, -0.15) is 4.31 Å². The molecule has 1 fully saturated rings. The van der Waals surface area contributed by atoms with Crippen molar-refractivity contribution < 1.29 is 27.5 Å². The lowest BCUT2D eigenvalue weighted by atomic mass is 9.97. The molecular formula is C22H25N3O6S2. The maximum absolute atomic E-state index is 13.1. The number of nitrogens with zero attached hydrogens (tertiary/aromatic N) is 1. The fourth-order valence-corrected chi connectivity index (χ4v) is 6.14. The molecule has 176 valence electrons. The Kier molecular flexibility index (Phi) is 6.82. The number of hydrogen-bond donors (Lipinski definition) is 2. The molecule has 0 unspecified atom stereocenters. The lowest BCUT2D eigenvalue weighted by Gasteiger charge is -2.31. The number of methoxy groups -OCH3 is 2. The van der Waals surface area contributed by atoms with E-state index in [1.807, 2.05) is 0 Å². The number of nitrogens with one attached hydrogen (secondary N) is 2. The molecule has 2 aliphatic heterocycles. The largest absolute Gasteiger partial charge is 0.497 e. The molecule has 1 saturated heterocycles. The number of benzene rings is 2. The number of anilines is 2. The highest BCUT2D eigenvalue weighted by Crippen LogP contribution is 2.34. The molecule has 2 aliphatic rings. The average molecular weight is 492 g/mol. The van der Waals surface area contributed by atoms with E-state index in [1.165, 1.54) is 36.4 Å². The van der Waals surface area contributed by atoms with Crippen molar-refractivity contribution in [2.45, 2.75) is 22.6 Å². The molecule has 2 aromatic rings. The summed E-state index contributed by atoms with van der Waals surface area (Å²) >= 11 is 1.38. The first-order valence-electron chi connectivity index (χ1n) is 10.4. The molecule has 11 heteroatoms. The van der Waals surface area contributed by atoms with Crippen molar-refractivity contribution in [3.8, 4) is 11.5 Å². The first-order valence-corrected chi connectivity index (χ1v) is 12.8. The number of piperidine rings is 1. The number of fused-ring (bicyclic) bond motifs is 1. The van der Waals surface area contributed by atoms with Crippen LogP contribution in [0, 0.1) is 5.92 Å². The number of ether oxygens (including phenoxy) is 2. The van der Waals surface area contributed by atoms with Gasteiger partial charge in [0.25, 0.3) is 0 Å². The molecule has 33 heavy (non-hydrogen) atoms. The van der Waals surface area contributed by atoms with E-state index in [0.29, 0.717) is 41.5 Å². The zero-order valence-electron chi connectivity index (χ0n) is 18.3. The van der Waals surface area contributed by atoms with Gasteiger partial charge >= 0.3 is 0 Å². The molecule has 0 saturated carbocycles. The van der Waals surface area contributed by atoms with Crippen molar-refractivity contribution >= 4 is 45.0 Å². The minimum atomic E-state index is -3.73. The van der Waals surface area contributed by atoms with E-state index in [9.17, 15) is 18.0 Å². The van der Waals surface area contributed by atoms with Crippen LogP contribution in [0.15, 0.2) is 46.2 Å². The Bertz CT molecular complexity index is 1150. The summed E-state index contributed by atoms with van der Waals surface area (Å²) in [7, 11) is -0.664. The Balaban J connectivity index is 1.41. The summed E-state index contributed by atoms with van der Waals surface area (Å²) in [4.78, 5) is 25.4. The minimum Gasteiger partial charge on any atom is -0.497 e. The SMILES string of the molecule is COc1cc(NC(=O)C2CCN(S(=O)(=O)c3ccc4c(c3)NC(=O)CS4)CC2)cc(OC)c1. The molecule has 2 amide bonds. The van der Waals surface area contributed by atoms with E-state index in [2.05, 4.69) is 10.6 Å². The lowest BCUT2D eigenvalue weighted by molar-refractivity contribution is -0.121. The summed E-state index contributed by atoms with van der Waals surface area (Å²) in [5, 5.41) is 5.60. The van der Waals surface area contributed by atoms with Gasteiger partial charge in [0, 0.05) is 47.8 Å². The third-order valence-corrected chi connectivity index (χ3v) is 8.63. The molecule has 0 aliphatic carbocycles. The van der Waals surface area contributed by atoms with Gasteiger partial charge in [-0.1, -0.05) is 0 Å². The topological polar surface area (TPSA) is 114 Å². The fourth-order valence-electron chi connectivity index (χ4n) is 3.85. The highest BCUT2D eigenvalue weighted by Gasteiger charge is 2.33. The molecule has 4 rings (SSSR count). The Morgan fingerprint density at radius 3 is 2.39 bits per heavy atom. The Morgan fingerprint density at radius 1 is 1.09 bits per heavy atom. The molecule has 2 N–H and O–H groups in total. The van der Waals surface area contributed by atoms with Crippen LogP contribution in [0.2, 0.25) is 0 Å². The van der Waals surface area contributed by atoms with Crippen LogP contribution in [0.1, 0.15) is 12.8 Å². The van der Waals surface area contributed by atoms with E-state index in [0.717, 1.165) is 4.90 Å². The standard InChI is InChI=1S/C22H25N3O6S2/c1-30-16-9-15(10-17(11-16)31-2)23-22(27)14-5-7-25(8-6-14)33(28,29)18-3-4-20-19(12-18)24-21(26)13-32-20/h3-4,9-12,14H,5-8,13H2,1-2H3,(H,23,27)(H,24,26). The van der Waals surface area contributed by atoms with Gasteiger partial charge in [0.15, 0.2) is 0 Å². The summed E-state index contributed by atoms with van der Waals surface area (Å²) in [5.41, 5.74) is 1.07. The number of thioether (sulfide) groups is 1. The van der Waals surface area contributed by atoms with Gasteiger partial charge in [-0.15, -0.1) is 11.8 Å². The van der Waals surface area contributed by atoms with Crippen LogP contribution in [0.4, 0.5) is 11.4 Å². The normalized spacial score (nSPS) is 17.1. The molecule has 0 aromatic heterocycles. The molecule has 0 atom stereocenters. The summed E-state index contributed by atoms with van der Waals surface area (Å²) in [6, 6.07) is 9.90. The average Bonchev–Trinajstić information content (AvgIpc) is 2.83. The van der Waals surface area contributed by atoms with E-state index >= 15 is 0 Å². The van der Waals surface area contributed by atoms with Crippen molar-refractivity contribution in [3.05, 3.63) is 36.4 Å². The number of rotatable bonds is 6. The highest BCUT2D eigenvalue weighted by atomic mass is 32.2. The van der Waals surface area contributed by atoms with Crippen molar-refractivity contribution in [2.75, 3.05) is 43.7 Å². The molecule has 0 radical (unpaired) electrons. The number of carbonyl (C=O) groups is 2. The van der Waals surface area contributed by atoms with E-state index in [4.69, 9.17) is 9.47 Å². The minimum absolute atomic E-state index is 0.135. The van der Waals surface area contributed by atoms with Crippen LogP contribution in [0.3, 0.4) is 0 Å². The number of sulfonamides is 1. The quantitative estimate of drug-likeness (QED) is 0.639. The number of hydrogen-bond acceptors (Lipinski definition) is 7. The second kappa shape index (κ2) is 9.62. The Labute approximate surface area is 196 Å². The second-order valence-corrected chi connectivity index (χ2v) is 10.7. The van der Waals surface area contributed by atoms with Gasteiger partial charge in [0.1, 0.15) is 11.5 Å². The lowest BCUT2D eigenvalue weighted by Crippen LogP contribution is -2.41. The predicted molar refractivity (Wildman–Crippen MR) is 125 cm³/mol. The molecule has 2 heterocycles. The molecule has 0 bridgehead atoms. The van der Waals surface area contributed by atoms with Gasteiger partial charge in [-0.05, 0) is 31.0 Å². The highest BCUT2D eigenvalue weighted by molar-refractivity contribution is 8.00. The smallest absolute Gasteiger partial charge is 0.243 e.